The first-order chi connectivity index (χ1) is 10.3. The molecule has 21 heavy (non-hydrogen) atoms. The van der Waals surface area contributed by atoms with Crippen molar-refractivity contribution in [3.05, 3.63) is 71.8 Å². The summed E-state index contributed by atoms with van der Waals surface area (Å²) in [5, 5.41) is 20.0. The second-order valence-electron chi connectivity index (χ2n) is 5.62. The summed E-state index contributed by atoms with van der Waals surface area (Å²) in [6, 6.07) is 24.6. The average molecular weight is 272 g/mol. The van der Waals surface area contributed by atoms with Crippen molar-refractivity contribution in [2.24, 2.45) is 0 Å². The molecule has 0 heterocycles. The van der Waals surface area contributed by atoms with Crippen molar-refractivity contribution in [1.82, 2.24) is 0 Å². The van der Waals surface area contributed by atoms with Crippen LogP contribution in [0.25, 0.3) is 0 Å². The lowest BCUT2D eigenvalue weighted by atomic mass is 9.60. The summed E-state index contributed by atoms with van der Waals surface area (Å²) in [5.41, 5.74) is 0.389. The molecule has 2 heteroatoms. The molecule has 0 aliphatic heterocycles. The third-order valence-corrected chi connectivity index (χ3v) is 4.75. The van der Waals surface area contributed by atoms with Crippen LogP contribution in [0.2, 0.25) is 0 Å². The molecule has 2 aromatic carbocycles. The monoisotopic (exact) mass is 272 g/mol. The molecule has 0 N–H and O–H groups in total. The van der Waals surface area contributed by atoms with E-state index in [1.807, 2.05) is 60.7 Å². The SMILES string of the molecule is N#C[C@@]1(c2ccccc2)CCC[C@]1(C#N)c1ccccc1. The maximum absolute atomic E-state index is 10.00. The van der Waals surface area contributed by atoms with Gasteiger partial charge in [-0.1, -0.05) is 60.7 Å². The van der Waals surface area contributed by atoms with Gasteiger partial charge in [-0.05, 0) is 30.4 Å². The van der Waals surface area contributed by atoms with Crippen molar-refractivity contribution in [3.8, 4) is 12.1 Å². The van der Waals surface area contributed by atoms with Gasteiger partial charge in [0, 0.05) is 0 Å². The highest BCUT2D eigenvalue weighted by Crippen LogP contribution is 2.55. The van der Waals surface area contributed by atoms with Gasteiger partial charge in [0.05, 0.1) is 12.1 Å². The number of nitriles is 2. The smallest absolute Gasteiger partial charge is 0.105 e. The summed E-state index contributed by atoms with van der Waals surface area (Å²) >= 11 is 0. The maximum Gasteiger partial charge on any atom is 0.105 e. The molecule has 2 aromatic rings. The van der Waals surface area contributed by atoms with Gasteiger partial charge in [0.1, 0.15) is 10.8 Å². The third kappa shape index (κ3) is 1.77. The summed E-state index contributed by atoms with van der Waals surface area (Å²) in [6.45, 7) is 0. The first-order valence-electron chi connectivity index (χ1n) is 7.23. The second-order valence-corrected chi connectivity index (χ2v) is 5.62. The highest BCUT2D eigenvalue weighted by Gasteiger charge is 2.58. The van der Waals surface area contributed by atoms with E-state index in [0.717, 1.165) is 30.4 Å². The molecule has 1 saturated carbocycles. The number of rotatable bonds is 2. The lowest BCUT2D eigenvalue weighted by Crippen LogP contribution is -2.43. The van der Waals surface area contributed by atoms with E-state index in [-0.39, 0.29) is 0 Å². The van der Waals surface area contributed by atoms with Crippen LogP contribution in [0.4, 0.5) is 0 Å². The van der Waals surface area contributed by atoms with E-state index in [1.165, 1.54) is 0 Å². The standard InChI is InChI=1S/C19H16N2/c20-14-18(16-8-3-1-4-9-16)12-7-13-19(18,15-21)17-10-5-2-6-11-17/h1-6,8-11H,7,12-13H2/t18-,19+. The zero-order valence-corrected chi connectivity index (χ0v) is 11.8. The van der Waals surface area contributed by atoms with Crippen molar-refractivity contribution in [3.63, 3.8) is 0 Å². The minimum Gasteiger partial charge on any atom is -0.197 e. The Morgan fingerprint density at radius 2 is 1.05 bits per heavy atom. The Balaban J connectivity index is 2.26. The Morgan fingerprint density at radius 1 is 0.667 bits per heavy atom. The minimum absolute atomic E-state index is 0.732. The van der Waals surface area contributed by atoms with Crippen molar-refractivity contribution >= 4 is 0 Å². The summed E-state index contributed by atoms with van der Waals surface area (Å²) < 4.78 is 0. The molecule has 2 atom stereocenters. The molecule has 0 saturated heterocycles. The van der Waals surface area contributed by atoms with Gasteiger partial charge in [0.25, 0.3) is 0 Å². The molecule has 0 bridgehead atoms. The molecule has 1 aliphatic carbocycles. The predicted octanol–water partition coefficient (Wildman–Crippen LogP) is 4.09. The van der Waals surface area contributed by atoms with Gasteiger partial charge in [-0.3, -0.25) is 0 Å². The van der Waals surface area contributed by atoms with Gasteiger partial charge in [0.2, 0.25) is 0 Å². The molecule has 0 amide bonds. The van der Waals surface area contributed by atoms with Crippen molar-refractivity contribution in [1.29, 1.82) is 10.5 Å². The zero-order chi connectivity index (χ0) is 14.8. The largest absolute Gasteiger partial charge is 0.197 e. The fourth-order valence-electron chi connectivity index (χ4n) is 3.70. The molecule has 1 aliphatic rings. The van der Waals surface area contributed by atoms with Gasteiger partial charge in [-0.2, -0.15) is 10.5 Å². The minimum atomic E-state index is -0.760. The number of hydrogen-bond donors (Lipinski definition) is 0. The molecule has 3 rings (SSSR count). The first kappa shape index (κ1) is 13.4. The van der Waals surface area contributed by atoms with Gasteiger partial charge >= 0.3 is 0 Å². The normalized spacial score (nSPS) is 27.7. The van der Waals surface area contributed by atoms with Crippen LogP contribution in [-0.4, -0.2) is 0 Å². The fourth-order valence-corrected chi connectivity index (χ4v) is 3.70. The van der Waals surface area contributed by atoms with E-state index < -0.39 is 10.8 Å². The molecule has 0 aromatic heterocycles. The number of benzene rings is 2. The summed E-state index contributed by atoms with van der Waals surface area (Å²) in [5.74, 6) is 0. The van der Waals surface area contributed by atoms with E-state index in [2.05, 4.69) is 12.1 Å². The molecule has 2 nitrogen and oxygen atoms in total. The van der Waals surface area contributed by atoms with E-state index in [0.29, 0.717) is 0 Å². The van der Waals surface area contributed by atoms with Crippen molar-refractivity contribution in [2.75, 3.05) is 0 Å². The van der Waals surface area contributed by atoms with E-state index >= 15 is 0 Å². The first-order valence-corrected chi connectivity index (χ1v) is 7.23. The van der Waals surface area contributed by atoms with Crippen molar-refractivity contribution < 1.29 is 0 Å². The van der Waals surface area contributed by atoms with Gasteiger partial charge < -0.3 is 0 Å². The van der Waals surface area contributed by atoms with Crippen LogP contribution in [0.5, 0.6) is 0 Å². The molecule has 102 valence electrons. The molecular formula is C19H16N2. The molecule has 0 radical (unpaired) electrons. The average Bonchev–Trinajstić information content (AvgIpc) is 2.97. The lowest BCUT2D eigenvalue weighted by molar-refractivity contribution is 0.407. The molecule has 0 spiro atoms. The molecule has 1 fully saturated rings. The summed E-state index contributed by atoms with van der Waals surface area (Å²) in [7, 11) is 0. The zero-order valence-electron chi connectivity index (χ0n) is 11.8. The lowest BCUT2D eigenvalue weighted by Gasteiger charge is -2.37. The van der Waals surface area contributed by atoms with Gasteiger partial charge in [-0.25, -0.2) is 0 Å². The summed E-state index contributed by atoms with van der Waals surface area (Å²) in [4.78, 5) is 0. The van der Waals surface area contributed by atoms with Crippen LogP contribution in [0, 0.1) is 22.7 Å². The van der Waals surface area contributed by atoms with Crippen LogP contribution in [0.15, 0.2) is 60.7 Å². The van der Waals surface area contributed by atoms with Crippen LogP contribution in [-0.2, 0) is 10.8 Å². The van der Waals surface area contributed by atoms with Gasteiger partial charge in [0.15, 0.2) is 0 Å². The second kappa shape index (κ2) is 5.08. The Morgan fingerprint density at radius 3 is 1.38 bits per heavy atom. The Bertz CT molecular complexity index is 645. The van der Waals surface area contributed by atoms with Crippen LogP contribution in [0.1, 0.15) is 30.4 Å². The number of hydrogen-bond acceptors (Lipinski definition) is 2. The fraction of sp³-hybridized carbons (Fsp3) is 0.263. The Labute approximate surface area is 125 Å². The topological polar surface area (TPSA) is 47.6 Å². The van der Waals surface area contributed by atoms with Gasteiger partial charge in [-0.15, -0.1) is 0 Å². The Kier molecular flexibility index (Phi) is 3.24. The van der Waals surface area contributed by atoms with E-state index in [4.69, 9.17) is 0 Å². The maximum atomic E-state index is 10.00. The Hall–Kier alpha value is -2.58. The van der Waals surface area contributed by atoms with Crippen molar-refractivity contribution in [2.45, 2.75) is 30.1 Å². The molecule has 0 unspecified atom stereocenters. The highest BCUT2D eigenvalue weighted by molar-refractivity contribution is 5.51. The predicted molar refractivity (Wildman–Crippen MR) is 81.3 cm³/mol. The van der Waals surface area contributed by atoms with Crippen LogP contribution in [0.3, 0.4) is 0 Å². The third-order valence-electron chi connectivity index (χ3n) is 4.75. The summed E-state index contributed by atoms with van der Waals surface area (Å²) in [6.07, 6.45) is 2.36. The highest BCUT2D eigenvalue weighted by atomic mass is 14.6. The van der Waals surface area contributed by atoms with E-state index in [9.17, 15) is 10.5 Å². The van der Waals surface area contributed by atoms with Crippen LogP contribution < -0.4 is 0 Å². The molecular weight excluding hydrogens is 256 g/mol. The number of nitrogens with zero attached hydrogens (tertiary/aromatic N) is 2. The van der Waals surface area contributed by atoms with E-state index in [1.54, 1.807) is 0 Å². The van der Waals surface area contributed by atoms with Crippen LogP contribution >= 0.6 is 0 Å². The quantitative estimate of drug-likeness (QED) is 0.826.